The molecule has 2 aromatic heterocycles. The summed E-state index contributed by atoms with van der Waals surface area (Å²) >= 11 is 0. The van der Waals surface area contributed by atoms with Crippen molar-refractivity contribution in [3.05, 3.63) is 46.9 Å². The number of halogens is 3. The van der Waals surface area contributed by atoms with Crippen LogP contribution in [0.25, 0.3) is 11.0 Å². The number of imidazole rings is 1. The van der Waals surface area contributed by atoms with E-state index >= 15 is 0 Å². The number of nitrogens with zero attached hydrogens (tertiary/aromatic N) is 3. The first-order valence-corrected chi connectivity index (χ1v) is 10.5. The fraction of sp³-hybridized carbons (Fsp3) is 0.409. The third kappa shape index (κ3) is 5.72. The van der Waals surface area contributed by atoms with Gasteiger partial charge in [0.15, 0.2) is 5.82 Å². The lowest BCUT2D eigenvalue weighted by Gasteiger charge is -2.13. The minimum absolute atomic E-state index is 0.272. The summed E-state index contributed by atoms with van der Waals surface area (Å²) in [6.45, 7) is 7.52. The minimum atomic E-state index is -4.42. The number of hydrogen-bond donors (Lipinski definition) is 3. The van der Waals surface area contributed by atoms with Gasteiger partial charge >= 0.3 is 12.2 Å². The molecule has 2 amide bonds. The summed E-state index contributed by atoms with van der Waals surface area (Å²) in [7, 11) is 0. The molecule has 0 bridgehead atoms. The number of aromatic nitrogens is 3. The Morgan fingerprint density at radius 1 is 1.18 bits per heavy atom. The minimum Gasteiger partial charge on any atom is -0.382 e. The normalized spacial score (nSPS) is 11.7. The quantitative estimate of drug-likeness (QED) is 0.429. The van der Waals surface area contributed by atoms with Crippen molar-refractivity contribution in [2.45, 2.75) is 46.5 Å². The molecule has 0 aliphatic carbocycles. The van der Waals surface area contributed by atoms with E-state index in [4.69, 9.17) is 10.5 Å². The summed E-state index contributed by atoms with van der Waals surface area (Å²) in [6.07, 6.45) is -3.83. The van der Waals surface area contributed by atoms with Crippen LogP contribution in [0.5, 0.6) is 0 Å². The molecule has 0 saturated heterocycles. The summed E-state index contributed by atoms with van der Waals surface area (Å²) < 4.78 is 45.5. The highest BCUT2D eigenvalue weighted by Crippen LogP contribution is 2.30. The van der Waals surface area contributed by atoms with Crippen molar-refractivity contribution >= 4 is 28.6 Å². The van der Waals surface area contributed by atoms with Crippen LogP contribution in [0, 0.1) is 13.8 Å². The number of fused-ring (bicyclic) bond motifs is 1. The number of aryl methyl sites for hydroxylation is 3. The lowest BCUT2D eigenvalue weighted by atomic mass is 10.2. The average molecular weight is 464 g/mol. The lowest BCUT2D eigenvalue weighted by Crippen LogP contribution is -2.30. The molecule has 1 aromatic carbocycles. The van der Waals surface area contributed by atoms with E-state index in [9.17, 15) is 18.0 Å². The third-order valence-corrected chi connectivity index (χ3v) is 5.22. The standard InChI is InChI=1S/C22H27F3N6O2/c1-4-33-12-17-30-18-19(13(2)14(3)28-20(18)26)31(17)11-5-10-27-21(32)29-16-8-6-15(7-9-16)22(23,24)25/h6-9H,4-5,10-12H2,1-3H3,(H2,26,28)(H2,27,29,32). The second-order valence-corrected chi connectivity index (χ2v) is 7.53. The van der Waals surface area contributed by atoms with Gasteiger partial charge in [-0.05, 0) is 57.0 Å². The van der Waals surface area contributed by atoms with Crippen LogP contribution in [0.4, 0.5) is 29.5 Å². The maximum atomic E-state index is 12.6. The fourth-order valence-electron chi connectivity index (χ4n) is 3.45. The van der Waals surface area contributed by atoms with Crippen molar-refractivity contribution in [1.82, 2.24) is 19.9 Å². The van der Waals surface area contributed by atoms with Gasteiger partial charge in [-0.15, -0.1) is 0 Å². The van der Waals surface area contributed by atoms with Gasteiger partial charge in [0, 0.05) is 31.1 Å². The molecular weight excluding hydrogens is 437 g/mol. The molecule has 0 atom stereocenters. The van der Waals surface area contributed by atoms with Gasteiger partial charge in [0.25, 0.3) is 0 Å². The molecule has 8 nitrogen and oxygen atoms in total. The highest BCUT2D eigenvalue weighted by Gasteiger charge is 2.30. The maximum absolute atomic E-state index is 12.6. The van der Waals surface area contributed by atoms with E-state index in [-0.39, 0.29) is 5.69 Å². The van der Waals surface area contributed by atoms with Crippen molar-refractivity contribution in [2.75, 3.05) is 24.2 Å². The number of urea groups is 1. The Bertz CT molecular complexity index is 1130. The number of carbonyl (C=O) groups is 1. The molecule has 0 unspecified atom stereocenters. The van der Waals surface area contributed by atoms with E-state index in [1.54, 1.807) is 0 Å². The molecule has 0 aliphatic heterocycles. The van der Waals surface area contributed by atoms with Crippen molar-refractivity contribution in [3.63, 3.8) is 0 Å². The largest absolute Gasteiger partial charge is 0.416 e. The summed E-state index contributed by atoms with van der Waals surface area (Å²) in [5.74, 6) is 1.09. The van der Waals surface area contributed by atoms with Gasteiger partial charge in [-0.2, -0.15) is 13.2 Å². The molecule has 11 heteroatoms. The average Bonchev–Trinajstić information content (AvgIpc) is 3.12. The zero-order chi connectivity index (χ0) is 24.2. The molecular formula is C22H27F3N6O2. The molecule has 0 saturated carbocycles. The molecule has 0 radical (unpaired) electrons. The molecule has 3 rings (SSSR count). The molecule has 2 heterocycles. The number of alkyl halides is 3. The van der Waals surface area contributed by atoms with E-state index in [2.05, 4.69) is 20.6 Å². The Morgan fingerprint density at radius 3 is 2.52 bits per heavy atom. The lowest BCUT2D eigenvalue weighted by molar-refractivity contribution is -0.137. The van der Waals surface area contributed by atoms with Gasteiger partial charge in [-0.25, -0.2) is 14.8 Å². The number of carbonyl (C=O) groups excluding carboxylic acids is 1. The van der Waals surface area contributed by atoms with Crippen molar-refractivity contribution in [1.29, 1.82) is 0 Å². The number of nitrogens with two attached hydrogens (primary N) is 1. The number of amides is 2. The van der Waals surface area contributed by atoms with E-state index in [0.29, 0.717) is 44.1 Å². The number of ether oxygens (including phenoxy) is 1. The monoisotopic (exact) mass is 464 g/mol. The van der Waals surface area contributed by atoms with Crippen LogP contribution in [0.1, 0.15) is 36.0 Å². The summed E-state index contributed by atoms with van der Waals surface area (Å²) in [6, 6.07) is 3.77. The van der Waals surface area contributed by atoms with Crippen LogP contribution in [-0.2, 0) is 24.1 Å². The molecule has 0 spiro atoms. The number of nitrogen functional groups attached to an aromatic ring is 1. The molecule has 0 aliphatic rings. The predicted molar refractivity (Wildman–Crippen MR) is 120 cm³/mol. The van der Waals surface area contributed by atoms with Crippen LogP contribution < -0.4 is 16.4 Å². The van der Waals surface area contributed by atoms with Crippen LogP contribution in [0.15, 0.2) is 24.3 Å². The molecule has 178 valence electrons. The molecule has 3 aromatic rings. The Kier molecular flexibility index (Phi) is 7.42. The van der Waals surface area contributed by atoms with Gasteiger partial charge < -0.3 is 25.7 Å². The van der Waals surface area contributed by atoms with Crippen molar-refractivity contribution in [2.24, 2.45) is 0 Å². The third-order valence-electron chi connectivity index (χ3n) is 5.22. The van der Waals surface area contributed by atoms with Gasteiger partial charge in [0.05, 0.1) is 11.1 Å². The number of benzene rings is 1. The topological polar surface area (TPSA) is 107 Å². The second kappa shape index (κ2) is 10.1. The van der Waals surface area contributed by atoms with Crippen LogP contribution in [0.2, 0.25) is 0 Å². The number of rotatable bonds is 8. The summed E-state index contributed by atoms with van der Waals surface area (Å²) in [5, 5.41) is 5.24. The van der Waals surface area contributed by atoms with Crippen molar-refractivity contribution in [3.8, 4) is 0 Å². The Hall–Kier alpha value is -3.34. The fourth-order valence-corrected chi connectivity index (χ4v) is 3.45. The van der Waals surface area contributed by atoms with Crippen LogP contribution >= 0.6 is 0 Å². The van der Waals surface area contributed by atoms with E-state index in [0.717, 1.165) is 34.7 Å². The number of pyridine rings is 1. The SMILES string of the molecule is CCOCc1nc2c(N)nc(C)c(C)c2n1CCCNC(=O)Nc1ccc(C(F)(F)F)cc1. The van der Waals surface area contributed by atoms with Gasteiger partial charge in [0.1, 0.15) is 17.9 Å². The molecule has 33 heavy (non-hydrogen) atoms. The first-order valence-electron chi connectivity index (χ1n) is 10.5. The maximum Gasteiger partial charge on any atom is 0.416 e. The van der Waals surface area contributed by atoms with Gasteiger partial charge in [-0.3, -0.25) is 0 Å². The molecule has 4 N–H and O–H groups in total. The van der Waals surface area contributed by atoms with Gasteiger partial charge in [0.2, 0.25) is 0 Å². The first kappa shape index (κ1) is 24.3. The van der Waals surface area contributed by atoms with E-state index in [1.165, 1.54) is 12.1 Å². The Morgan fingerprint density at radius 2 is 1.88 bits per heavy atom. The highest BCUT2D eigenvalue weighted by atomic mass is 19.4. The van der Waals surface area contributed by atoms with Crippen LogP contribution in [-0.4, -0.2) is 33.7 Å². The van der Waals surface area contributed by atoms with Gasteiger partial charge in [-0.1, -0.05) is 0 Å². The number of hydrogen-bond acceptors (Lipinski definition) is 5. The first-order chi connectivity index (χ1) is 15.6. The summed E-state index contributed by atoms with van der Waals surface area (Å²) in [5.41, 5.74) is 8.89. The summed E-state index contributed by atoms with van der Waals surface area (Å²) in [4.78, 5) is 21.1. The zero-order valence-corrected chi connectivity index (χ0v) is 18.7. The van der Waals surface area contributed by atoms with Crippen molar-refractivity contribution < 1.29 is 22.7 Å². The second-order valence-electron chi connectivity index (χ2n) is 7.53. The molecule has 0 fully saturated rings. The van der Waals surface area contributed by atoms with E-state index < -0.39 is 17.8 Å². The Balaban J connectivity index is 1.63. The Labute approximate surface area is 189 Å². The number of nitrogens with one attached hydrogen (secondary N) is 2. The van der Waals surface area contributed by atoms with E-state index in [1.807, 2.05) is 25.3 Å². The smallest absolute Gasteiger partial charge is 0.382 e. The predicted octanol–water partition coefficient (Wildman–Crippen LogP) is 4.40. The van der Waals surface area contributed by atoms with Crippen LogP contribution in [0.3, 0.4) is 0 Å². The highest BCUT2D eigenvalue weighted by molar-refractivity contribution is 5.89. The number of anilines is 2. The zero-order valence-electron chi connectivity index (χ0n) is 18.7.